The number of aromatic nitrogens is 1. The van der Waals surface area contributed by atoms with E-state index >= 15 is 0 Å². The molecule has 3 aromatic rings. The number of aliphatic imine (C=N–C) groups is 1. The third-order valence-corrected chi connectivity index (χ3v) is 4.05. The lowest BCUT2D eigenvalue weighted by molar-refractivity contribution is 0.506. The molecule has 0 spiro atoms. The van der Waals surface area contributed by atoms with Crippen molar-refractivity contribution >= 4 is 41.3 Å². The molecule has 0 saturated heterocycles. The van der Waals surface area contributed by atoms with Gasteiger partial charge in [-0.05, 0) is 23.6 Å². The minimum Gasteiger partial charge on any atom is -0.469 e. The van der Waals surface area contributed by atoms with Crippen LogP contribution in [0.15, 0.2) is 56.0 Å². The Labute approximate surface area is 161 Å². The molecule has 0 fully saturated rings. The van der Waals surface area contributed by atoms with E-state index in [0.29, 0.717) is 12.4 Å². The second kappa shape index (κ2) is 9.48. The maximum atomic E-state index is 5.49. The summed E-state index contributed by atoms with van der Waals surface area (Å²) in [6.45, 7) is 1.29. The Morgan fingerprint density at radius 3 is 2.88 bits per heavy atom. The Morgan fingerprint density at radius 2 is 2.17 bits per heavy atom. The fourth-order valence-electron chi connectivity index (χ4n) is 2.06. The second-order valence-corrected chi connectivity index (χ2v) is 5.75. The first-order valence-electron chi connectivity index (χ1n) is 7.30. The molecule has 0 amide bonds. The van der Waals surface area contributed by atoms with E-state index in [2.05, 4.69) is 20.6 Å². The average molecular weight is 458 g/mol. The summed E-state index contributed by atoms with van der Waals surface area (Å²) in [6, 6.07) is 7.81. The molecule has 0 aliphatic heterocycles. The van der Waals surface area contributed by atoms with Crippen LogP contribution < -0.4 is 10.6 Å². The molecule has 2 N–H and O–H groups in total. The molecular formula is C16H19IN4O2S. The van der Waals surface area contributed by atoms with Crippen LogP contribution in [0.3, 0.4) is 0 Å². The van der Waals surface area contributed by atoms with Crippen molar-refractivity contribution in [3.05, 3.63) is 53.6 Å². The molecule has 0 aromatic carbocycles. The van der Waals surface area contributed by atoms with Gasteiger partial charge in [-0.15, -0.1) is 35.3 Å². The van der Waals surface area contributed by atoms with Gasteiger partial charge in [-0.3, -0.25) is 4.99 Å². The first-order chi connectivity index (χ1) is 11.3. The lowest BCUT2D eigenvalue weighted by atomic mass is 10.3. The molecule has 0 radical (unpaired) electrons. The summed E-state index contributed by atoms with van der Waals surface area (Å²) in [4.78, 5) is 9.67. The zero-order valence-corrected chi connectivity index (χ0v) is 16.3. The number of nitrogens with one attached hydrogen (secondary N) is 2. The Bertz CT molecular complexity index is 738. The number of furan rings is 1. The molecule has 0 bridgehead atoms. The molecule has 0 saturated carbocycles. The topological polar surface area (TPSA) is 75.6 Å². The van der Waals surface area contributed by atoms with Crippen molar-refractivity contribution in [2.24, 2.45) is 4.99 Å². The van der Waals surface area contributed by atoms with Gasteiger partial charge >= 0.3 is 0 Å². The molecule has 0 atom stereocenters. The Hall–Kier alpha value is -1.81. The second-order valence-electron chi connectivity index (χ2n) is 4.80. The van der Waals surface area contributed by atoms with Crippen molar-refractivity contribution in [3.8, 4) is 10.8 Å². The largest absolute Gasteiger partial charge is 0.469 e. The highest BCUT2D eigenvalue weighted by atomic mass is 127. The molecule has 3 aromatic heterocycles. The van der Waals surface area contributed by atoms with E-state index in [1.807, 2.05) is 29.6 Å². The molecule has 128 valence electrons. The van der Waals surface area contributed by atoms with E-state index in [4.69, 9.17) is 8.83 Å². The summed E-state index contributed by atoms with van der Waals surface area (Å²) < 4.78 is 10.8. The van der Waals surface area contributed by atoms with E-state index < -0.39 is 0 Å². The number of rotatable bonds is 6. The van der Waals surface area contributed by atoms with Gasteiger partial charge in [-0.2, -0.15) is 0 Å². The third kappa shape index (κ3) is 5.10. The maximum absolute atomic E-state index is 5.49. The number of guanidine groups is 1. The number of oxazole rings is 1. The van der Waals surface area contributed by atoms with Gasteiger partial charge in [0.1, 0.15) is 12.0 Å². The summed E-state index contributed by atoms with van der Waals surface area (Å²) in [5, 5.41) is 8.45. The van der Waals surface area contributed by atoms with E-state index in [9.17, 15) is 0 Å². The Kier molecular flexibility index (Phi) is 7.32. The third-order valence-electron chi connectivity index (χ3n) is 3.19. The molecule has 24 heavy (non-hydrogen) atoms. The van der Waals surface area contributed by atoms with Gasteiger partial charge in [0, 0.05) is 20.0 Å². The molecule has 0 aliphatic carbocycles. The lowest BCUT2D eigenvalue weighted by Gasteiger charge is -2.09. The van der Waals surface area contributed by atoms with Crippen LogP contribution >= 0.6 is 35.3 Å². The molecule has 3 heterocycles. The zero-order valence-electron chi connectivity index (χ0n) is 13.2. The van der Waals surface area contributed by atoms with Gasteiger partial charge in [-0.25, -0.2) is 4.98 Å². The highest BCUT2D eigenvalue weighted by Crippen LogP contribution is 2.23. The molecule has 8 heteroatoms. The van der Waals surface area contributed by atoms with Crippen molar-refractivity contribution in [1.82, 2.24) is 15.6 Å². The molecule has 3 rings (SSSR count). The predicted molar refractivity (Wildman–Crippen MR) is 106 cm³/mol. The van der Waals surface area contributed by atoms with Crippen LogP contribution in [0.4, 0.5) is 0 Å². The quantitative estimate of drug-likeness (QED) is 0.336. The van der Waals surface area contributed by atoms with Crippen molar-refractivity contribution in [2.75, 3.05) is 13.6 Å². The summed E-state index contributed by atoms with van der Waals surface area (Å²) in [5.74, 6) is 2.32. The van der Waals surface area contributed by atoms with Gasteiger partial charge in [0.25, 0.3) is 0 Å². The highest BCUT2D eigenvalue weighted by molar-refractivity contribution is 14.0. The molecule has 0 aliphatic rings. The van der Waals surface area contributed by atoms with E-state index in [0.717, 1.165) is 35.3 Å². The molecule has 0 unspecified atom stereocenters. The minimum absolute atomic E-state index is 0. The highest BCUT2D eigenvalue weighted by Gasteiger charge is 2.08. The first-order valence-corrected chi connectivity index (χ1v) is 8.18. The van der Waals surface area contributed by atoms with Crippen molar-refractivity contribution < 1.29 is 8.83 Å². The Morgan fingerprint density at radius 1 is 1.25 bits per heavy atom. The van der Waals surface area contributed by atoms with Crippen molar-refractivity contribution in [2.45, 2.75) is 13.0 Å². The fraction of sp³-hybridized carbons (Fsp3) is 0.250. The van der Waals surface area contributed by atoms with Crippen LogP contribution in [0.1, 0.15) is 11.5 Å². The molecule has 6 nitrogen and oxygen atoms in total. The van der Waals surface area contributed by atoms with Crippen LogP contribution in [-0.2, 0) is 13.0 Å². The van der Waals surface area contributed by atoms with Gasteiger partial charge < -0.3 is 19.5 Å². The summed E-state index contributed by atoms with van der Waals surface area (Å²) in [6.07, 6.45) is 4.15. The van der Waals surface area contributed by atoms with Crippen LogP contribution in [0.25, 0.3) is 10.8 Å². The lowest BCUT2D eigenvalue weighted by Crippen LogP contribution is -2.37. The number of thiophene rings is 1. The number of hydrogen-bond acceptors (Lipinski definition) is 5. The first kappa shape index (κ1) is 18.5. The van der Waals surface area contributed by atoms with E-state index in [1.165, 1.54) is 0 Å². The van der Waals surface area contributed by atoms with E-state index in [1.54, 1.807) is 30.9 Å². The summed E-state index contributed by atoms with van der Waals surface area (Å²) >= 11 is 1.61. The number of hydrogen-bond donors (Lipinski definition) is 2. The predicted octanol–water partition coefficient (Wildman–Crippen LogP) is 3.52. The minimum atomic E-state index is 0. The number of nitrogens with zero attached hydrogens (tertiary/aromatic N) is 2. The van der Waals surface area contributed by atoms with Gasteiger partial charge in [-0.1, -0.05) is 6.07 Å². The maximum Gasteiger partial charge on any atom is 0.236 e. The van der Waals surface area contributed by atoms with Gasteiger partial charge in [0.15, 0.2) is 5.96 Å². The van der Waals surface area contributed by atoms with Crippen LogP contribution in [-0.4, -0.2) is 24.5 Å². The summed E-state index contributed by atoms with van der Waals surface area (Å²) in [7, 11) is 1.74. The SMILES string of the molecule is CN=C(NCCc1ccco1)NCc1coc(-c2cccs2)n1.I. The van der Waals surface area contributed by atoms with Crippen LogP contribution in [0.2, 0.25) is 0 Å². The van der Waals surface area contributed by atoms with E-state index in [-0.39, 0.29) is 24.0 Å². The monoisotopic (exact) mass is 458 g/mol. The summed E-state index contributed by atoms with van der Waals surface area (Å²) in [5.41, 5.74) is 0.836. The molecular weight excluding hydrogens is 439 g/mol. The van der Waals surface area contributed by atoms with Crippen LogP contribution in [0.5, 0.6) is 0 Å². The fourth-order valence-corrected chi connectivity index (χ4v) is 2.71. The van der Waals surface area contributed by atoms with Gasteiger partial charge in [0.2, 0.25) is 5.89 Å². The Balaban J connectivity index is 0.00000208. The van der Waals surface area contributed by atoms with Crippen LogP contribution in [0, 0.1) is 0 Å². The normalized spacial score (nSPS) is 11.1. The standard InChI is InChI=1S/C16H18N4O2S.HI/c1-17-16(18-7-6-13-4-2-8-21-13)19-10-12-11-22-15(20-12)14-5-3-9-23-14;/h2-5,8-9,11H,6-7,10H2,1H3,(H2,17,18,19);1H. The smallest absolute Gasteiger partial charge is 0.236 e. The van der Waals surface area contributed by atoms with Crippen molar-refractivity contribution in [1.29, 1.82) is 0 Å². The number of halogens is 1. The average Bonchev–Trinajstić information content (AvgIpc) is 3.32. The zero-order chi connectivity index (χ0) is 15.9. The van der Waals surface area contributed by atoms with Gasteiger partial charge in [0.05, 0.1) is 23.4 Å². The van der Waals surface area contributed by atoms with Crippen molar-refractivity contribution in [3.63, 3.8) is 0 Å².